The van der Waals surface area contributed by atoms with E-state index in [1.807, 2.05) is 0 Å². The molecular weight excluding hydrogens is 452 g/mol. The van der Waals surface area contributed by atoms with E-state index in [9.17, 15) is 31.1 Å². The Balaban J connectivity index is 1.62. The predicted octanol–water partition coefficient (Wildman–Crippen LogP) is 4.78. The lowest BCUT2D eigenvalue weighted by molar-refractivity contribution is -0.142. The number of alkyl halides is 6. The lowest BCUT2D eigenvalue weighted by Crippen LogP contribution is -2.32. The van der Waals surface area contributed by atoms with Gasteiger partial charge in [0.05, 0.1) is 24.1 Å². The number of nitrogens with one attached hydrogen (secondary N) is 1. The van der Waals surface area contributed by atoms with E-state index < -0.39 is 41.4 Å². The van der Waals surface area contributed by atoms with Gasteiger partial charge in [0.15, 0.2) is 5.69 Å². The van der Waals surface area contributed by atoms with Crippen molar-refractivity contribution < 1.29 is 31.1 Å². The molecule has 0 aromatic carbocycles. The van der Waals surface area contributed by atoms with Crippen LogP contribution in [-0.4, -0.2) is 25.8 Å². The van der Waals surface area contributed by atoms with Gasteiger partial charge in [0.1, 0.15) is 11.4 Å². The van der Waals surface area contributed by atoms with Gasteiger partial charge in [-0.25, -0.2) is 4.98 Å². The van der Waals surface area contributed by atoms with Crippen molar-refractivity contribution in [2.45, 2.75) is 37.7 Å². The number of aryl methyl sites for hydroxylation is 1. The van der Waals surface area contributed by atoms with E-state index in [0.29, 0.717) is 31.0 Å². The Morgan fingerprint density at radius 1 is 0.970 bits per heavy atom. The van der Waals surface area contributed by atoms with Crippen molar-refractivity contribution in [2.24, 2.45) is 0 Å². The summed E-state index contributed by atoms with van der Waals surface area (Å²) < 4.78 is 77.7. The van der Waals surface area contributed by atoms with E-state index in [-0.39, 0.29) is 11.3 Å². The second kappa shape index (κ2) is 8.41. The minimum atomic E-state index is -4.75. The first-order valence-electron chi connectivity index (χ1n) is 9.75. The average molecular weight is 467 g/mol. The van der Waals surface area contributed by atoms with Gasteiger partial charge in [-0.3, -0.25) is 19.7 Å². The highest BCUT2D eigenvalue weighted by Gasteiger charge is 2.34. The Kier molecular flexibility index (Phi) is 5.76. The van der Waals surface area contributed by atoms with Gasteiger partial charge in [0.2, 0.25) is 0 Å². The molecule has 3 aromatic rings. The van der Waals surface area contributed by atoms with Crippen LogP contribution in [0.1, 0.15) is 51.9 Å². The zero-order valence-corrected chi connectivity index (χ0v) is 16.7. The maximum Gasteiger partial charge on any atom is 0.434 e. The van der Waals surface area contributed by atoms with E-state index in [1.165, 1.54) is 12.3 Å². The highest BCUT2D eigenvalue weighted by molar-refractivity contribution is 5.92. The van der Waals surface area contributed by atoms with Crippen LogP contribution in [0.2, 0.25) is 0 Å². The van der Waals surface area contributed by atoms with E-state index in [4.69, 9.17) is 0 Å². The van der Waals surface area contributed by atoms with Crippen LogP contribution in [0, 0.1) is 0 Å². The molecule has 0 bridgehead atoms. The number of amides is 1. The van der Waals surface area contributed by atoms with Gasteiger partial charge in [0, 0.05) is 18.0 Å². The van der Waals surface area contributed by atoms with E-state index >= 15 is 0 Å². The number of nitrogens with zero attached hydrogens (tertiary/aromatic N) is 4. The first kappa shape index (κ1) is 22.6. The number of fused-ring (bicyclic) bond motifs is 1. The number of halogens is 6. The normalized spacial score (nSPS) is 16.2. The molecule has 33 heavy (non-hydrogen) atoms. The van der Waals surface area contributed by atoms with Gasteiger partial charge in [-0.1, -0.05) is 0 Å². The predicted molar refractivity (Wildman–Crippen MR) is 103 cm³/mol. The average Bonchev–Trinajstić information content (AvgIpc) is 2.78. The van der Waals surface area contributed by atoms with Crippen LogP contribution in [0.5, 0.6) is 0 Å². The van der Waals surface area contributed by atoms with Crippen LogP contribution in [0.25, 0.3) is 11.3 Å². The number of hydrogen-bond acceptors (Lipinski definition) is 5. The standard InChI is InChI=1S/C21H15F6N5O/c22-20(23,24)17-6-11(4-5-29-17)15-7-13-12(8-30-15)2-1-3-14(13)32-19(33)16-9-28-10-18(31-16)21(25,26)27/h4-10,14H,1-3H2,(H,32,33). The van der Waals surface area contributed by atoms with Gasteiger partial charge in [0.25, 0.3) is 5.91 Å². The fraction of sp³-hybridized carbons (Fsp3) is 0.286. The summed E-state index contributed by atoms with van der Waals surface area (Å²) in [5.41, 5.74) is -0.979. The van der Waals surface area contributed by atoms with Crippen molar-refractivity contribution in [2.75, 3.05) is 0 Å². The number of pyridine rings is 2. The van der Waals surface area contributed by atoms with Crippen LogP contribution in [0.4, 0.5) is 26.3 Å². The summed E-state index contributed by atoms with van der Waals surface area (Å²) in [6.45, 7) is 0. The summed E-state index contributed by atoms with van der Waals surface area (Å²) in [6, 6.07) is 3.26. The lowest BCUT2D eigenvalue weighted by atomic mass is 9.88. The molecule has 1 aliphatic carbocycles. The van der Waals surface area contributed by atoms with Crippen molar-refractivity contribution in [1.29, 1.82) is 0 Å². The molecule has 0 spiro atoms. The Bertz CT molecular complexity index is 1190. The largest absolute Gasteiger partial charge is 0.434 e. The number of carbonyl (C=O) groups excluding carboxylic acids is 1. The molecule has 1 N–H and O–H groups in total. The summed E-state index contributed by atoms with van der Waals surface area (Å²) in [5, 5.41) is 2.66. The summed E-state index contributed by atoms with van der Waals surface area (Å²) in [5.74, 6) is -0.840. The zero-order valence-electron chi connectivity index (χ0n) is 16.7. The minimum absolute atomic E-state index is 0.194. The molecule has 1 atom stereocenters. The quantitative estimate of drug-likeness (QED) is 0.561. The molecular formula is C21H15F6N5O. The van der Waals surface area contributed by atoms with Crippen molar-refractivity contribution in [3.8, 4) is 11.3 Å². The third kappa shape index (κ3) is 4.94. The molecule has 1 aliphatic rings. The summed E-state index contributed by atoms with van der Waals surface area (Å²) in [7, 11) is 0. The molecule has 12 heteroatoms. The maximum absolute atomic E-state index is 13.0. The van der Waals surface area contributed by atoms with E-state index in [1.54, 1.807) is 6.07 Å². The van der Waals surface area contributed by atoms with Crippen molar-refractivity contribution in [3.63, 3.8) is 0 Å². The maximum atomic E-state index is 13.0. The Hall–Kier alpha value is -3.57. The zero-order chi connectivity index (χ0) is 23.8. The molecule has 0 fully saturated rings. The molecule has 1 amide bonds. The van der Waals surface area contributed by atoms with Crippen LogP contribution in [-0.2, 0) is 18.8 Å². The Labute approximate surface area is 183 Å². The van der Waals surface area contributed by atoms with Crippen LogP contribution in [0.3, 0.4) is 0 Å². The first-order chi connectivity index (χ1) is 15.5. The second-order valence-corrected chi connectivity index (χ2v) is 7.40. The Morgan fingerprint density at radius 2 is 1.73 bits per heavy atom. The summed E-state index contributed by atoms with van der Waals surface area (Å²) in [4.78, 5) is 26.9. The Morgan fingerprint density at radius 3 is 2.45 bits per heavy atom. The number of aromatic nitrogens is 4. The van der Waals surface area contributed by atoms with Gasteiger partial charge in [-0.05, 0) is 48.6 Å². The highest BCUT2D eigenvalue weighted by Crippen LogP contribution is 2.34. The molecule has 3 aromatic heterocycles. The third-order valence-corrected chi connectivity index (χ3v) is 5.15. The van der Waals surface area contributed by atoms with Gasteiger partial charge in [-0.15, -0.1) is 0 Å². The van der Waals surface area contributed by atoms with Crippen molar-refractivity contribution >= 4 is 5.91 Å². The minimum Gasteiger partial charge on any atom is -0.344 e. The molecule has 0 aliphatic heterocycles. The molecule has 0 saturated heterocycles. The SMILES string of the molecule is O=C(NC1CCCc2cnc(-c3ccnc(C(F)(F)F)c3)cc21)c1cncc(C(F)(F)F)n1. The molecule has 0 saturated carbocycles. The number of rotatable bonds is 3. The summed E-state index contributed by atoms with van der Waals surface area (Å²) >= 11 is 0. The molecule has 172 valence electrons. The monoisotopic (exact) mass is 467 g/mol. The van der Waals surface area contributed by atoms with E-state index in [0.717, 1.165) is 24.0 Å². The van der Waals surface area contributed by atoms with Crippen molar-refractivity contribution in [3.05, 3.63) is 71.2 Å². The molecule has 3 heterocycles. The summed E-state index contributed by atoms with van der Waals surface area (Å²) in [6.07, 6.45) is -3.54. The van der Waals surface area contributed by atoms with Gasteiger partial charge >= 0.3 is 12.4 Å². The first-order valence-corrected chi connectivity index (χ1v) is 9.75. The fourth-order valence-electron chi connectivity index (χ4n) is 3.58. The van der Waals surface area contributed by atoms with Crippen molar-refractivity contribution in [1.82, 2.24) is 25.3 Å². The van der Waals surface area contributed by atoms with Crippen LogP contribution < -0.4 is 5.32 Å². The second-order valence-electron chi connectivity index (χ2n) is 7.40. The number of carbonyl (C=O) groups is 1. The lowest BCUT2D eigenvalue weighted by Gasteiger charge is -2.26. The van der Waals surface area contributed by atoms with E-state index in [2.05, 4.69) is 25.3 Å². The van der Waals surface area contributed by atoms with Gasteiger partial charge < -0.3 is 5.32 Å². The molecule has 4 rings (SSSR count). The third-order valence-electron chi connectivity index (χ3n) is 5.15. The van der Waals surface area contributed by atoms with Crippen LogP contribution >= 0.6 is 0 Å². The molecule has 6 nitrogen and oxygen atoms in total. The van der Waals surface area contributed by atoms with Crippen LogP contribution in [0.15, 0.2) is 43.0 Å². The van der Waals surface area contributed by atoms with Gasteiger partial charge in [-0.2, -0.15) is 26.3 Å². The smallest absolute Gasteiger partial charge is 0.344 e. The molecule has 0 radical (unpaired) electrons. The fourth-order valence-corrected chi connectivity index (χ4v) is 3.58. The highest BCUT2D eigenvalue weighted by atomic mass is 19.4. The number of hydrogen-bond donors (Lipinski definition) is 1. The molecule has 1 unspecified atom stereocenters. The topological polar surface area (TPSA) is 80.7 Å².